The first kappa shape index (κ1) is 18.8. The minimum absolute atomic E-state index is 0.113. The van der Waals surface area contributed by atoms with Gasteiger partial charge in [-0.1, -0.05) is 6.07 Å². The van der Waals surface area contributed by atoms with Crippen molar-refractivity contribution in [3.63, 3.8) is 0 Å². The number of fused-ring (bicyclic) bond motifs is 1. The Morgan fingerprint density at radius 2 is 1.86 bits per heavy atom. The van der Waals surface area contributed by atoms with E-state index in [1.165, 1.54) is 12.8 Å². The molecule has 2 unspecified atom stereocenters. The first-order valence-corrected chi connectivity index (χ1v) is 9.65. The van der Waals surface area contributed by atoms with Gasteiger partial charge in [-0.3, -0.25) is 34.3 Å². The number of amides is 4. The van der Waals surface area contributed by atoms with Crippen LogP contribution in [0.15, 0.2) is 18.2 Å². The maximum Gasteiger partial charge on any atom is 0.262 e. The molecule has 8 heteroatoms. The highest BCUT2D eigenvalue weighted by molar-refractivity contribution is 6.23. The summed E-state index contributed by atoms with van der Waals surface area (Å²) < 4.78 is 0. The minimum atomic E-state index is -0.937. The Morgan fingerprint density at radius 1 is 1.14 bits per heavy atom. The summed E-state index contributed by atoms with van der Waals surface area (Å²) in [7, 11) is 2.02. The second kappa shape index (κ2) is 7.10. The van der Waals surface area contributed by atoms with Gasteiger partial charge in [0.1, 0.15) is 6.04 Å². The highest BCUT2D eigenvalue weighted by atomic mass is 16.2. The number of carbonyl (C=O) groups is 4. The fourth-order valence-electron chi connectivity index (χ4n) is 4.24. The van der Waals surface area contributed by atoms with E-state index in [-0.39, 0.29) is 18.7 Å². The van der Waals surface area contributed by atoms with Crippen molar-refractivity contribution in [2.75, 3.05) is 13.6 Å². The molecule has 2 heterocycles. The highest BCUT2D eigenvalue weighted by Crippen LogP contribution is 2.35. The van der Waals surface area contributed by atoms with E-state index in [0.29, 0.717) is 36.2 Å². The number of hydrogen-bond donors (Lipinski definition) is 2. The predicted octanol–water partition coefficient (Wildman–Crippen LogP) is 0.257. The minimum Gasteiger partial charge on any atom is -0.329 e. The van der Waals surface area contributed by atoms with Crippen LogP contribution >= 0.6 is 0 Å². The fourth-order valence-corrected chi connectivity index (χ4v) is 4.24. The van der Waals surface area contributed by atoms with Crippen LogP contribution in [0.5, 0.6) is 0 Å². The van der Waals surface area contributed by atoms with Gasteiger partial charge in [0.2, 0.25) is 11.8 Å². The monoisotopic (exact) mass is 384 g/mol. The van der Waals surface area contributed by atoms with Gasteiger partial charge in [-0.2, -0.15) is 0 Å². The Hall–Kier alpha value is -2.58. The van der Waals surface area contributed by atoms with Gasteiger partial charge in [0.15, 0.2) is 0 Å². The fraction of sp³-hybridized carbons (Fsp3) is 0.500. The number of benzene rings is 1. The second-order valence-electron chi connectivity index (χ2n) is 7.88. The van der Waals surface area contributed by atoms with Gasteiger partial charge in [0.25, 0.3) is 11.8 Å². The Kier molecular flexibility index (Phi) is 4.76. The zero-order valence-corrected chi connectivity index (χ0v) is 15.8. The Bertz CT molecular complexity index is 864. The maximum atomic E-state index is 12.9. The number of nitrogens with zero attached hydrogens (tertiary/aromatic N) is 2. The number of rotatable bonds is 6. The number of hydrogen-bond acceptors (Lipinski definition) is 6. The van der Waals surface area contributed by atoms with Crippen molar-refractivity contribution in [3.8, 4) is 0 Å². The first-order chi connectivity index (χ1) is 13.4. The van der Waals surface area contributed by atoms with E-state index < -0.39 is 23.8 Å². The van der Waals surface area contributed by atoms with Crippen molar-refractivity contribution in [1.29, 1.82) is 0 Å². The molecule has 1 aromatic carbocycles. The summed E-state index contributed by atoms with van der Waals surface area (Å²) in [4.78, 5) is 52.3. The molecule has 4 rings (SSSR count). The standard InChI is InChI=1S/C20H24N4O4/c1-23(16(9-21)12-3-4-12)10-11-2-5-13-14(8-11)20(28)24(19(13)27)15-6-7-17(25)22-18(15)26/h2,5,8,12,15-16H,3-4,6-7,9-10,21H2,1H3,(H,22,25,26). The van der Waals surface area contributed by atoms with Crippen molar-refractivity contribution in [2.45, 2.75) is 44.3 Å². The average molecular weight is 384 g/mol. The molecule has 4 amide bonds. The van der Waals surface area contributed by atoms with Crippen LogP contribution in [0.3, 0.4) is 0 Å². The molecule has 2 atom stereocenters. The third kappa shape index (κ3) is 3.22. The molecule has 0 radical (unpaired) electrons. The van der Waals surface area contributed by atoms with Gasteiger partial charge in [-0.05, 0) is 49.9 Å². The molecule has 0 spiro atoms. The van der Waals surface area contributed by atoms with Gasteiger partial charge >= 0.3 is 0 Å². The summed E-state index contributed by atoms with van der Waals surface area (Å²) in [6.07, 6.45) is 2.67. The quantitative estimate of drug-likeness (QED) is 0.680. The molecular formula is C20H24N4O4. The third-order valence-electron chi connectivity index (χ3n) is 5.91. The van der Waals surface area contributed by atoms with Crippen LogP contribution in [0.25, 0.3) is 0 Å². The number of piperidine rings is 1. The largest absolute Gasteiger partial charge is 0.329 e. The molecule has 3 N–H and O–H groups in total. The van der Waals surface area contributed by atoms with Gasteiger partial charge in [0.05, 0.1) is 11.1 Å². The topological polar surface area (TPSA) is 113 Å². The maximum absolute atomic E-state index is 12.9. The average Bonchev–Trinajstić information content (AvgIpc) is 3.45. The SMILES string of the molecule is CN(Cc1ccc2c(c1)C(=O)N(C1CCC(=O)NC1=O)C2=O)C(CN)C1CC1. The number of carbonyl (C=O) groups excluding carboxylic acids is 4. The summed E-state index contributed by atoms with van der Waals surface area (Å²) >= 11 is 0. The summed E-state index contributed by atoms with van der Waals surface area (Å²) in [6.45, 7) is 1.22. The molecule has 1 saturated carbocycles. The molecule has 0 bridgehead atoms. The molecule has 2 fully saturated rings. The lowest BCUT2D eigenvalue weighted by molar-refractivity contribution is -0.136. The first-order valence-electron chi connectivity index (χ1n) is 9.65. The van der Waals surface area contributed by atoms with Crippen LogP contribution in [0, 0.1) is 5.92 Å². The predicted molar refractivity (Wildman–Crippen MR) is 100 cm³/mol. The van der Waals surface area contributed by atoms with E-state index in [4.69, 9.17) is 5.73 Å². The van der Waals surface area contributed by atoms with Gasteiger partial charge in [-0.25, -0.2) is 0 Å². The van der Waals surface area contributed by atoms with Crippen molar-refractivity contribution in [1.82, 2.24) is 15.1 Å². The molecule has 1 saturated heterocycles. The van der Waals surface area contributed by atoms with Gasteiger partial charge < -0.3 is 5.73 Å². The van der Waals surface area contributed by atoms with E-state index >= 15 is 0 Å². The zero-order valence-electron chi connectivity index (χ0n) is 15.8. The second-order valence-corrected chi connectivity index (χ2v) is 7.88. The molecule has 8 nitrogen and oxygen atoms in total. The summed E-state index contributed by atoms with van der Waals surface area (Å²) in [5, 5.41) is 2.20. The number of nitrogens with one attached hydrogen (secondary N) is 1. The van der Waals surface area contributed by atoms with E-state index in [1.54, 1.807) is 12.1 Å². The molecule has 1 aliphatic carbocycles. The molecule has 3 aliphatic rings. The van der Waals surface area contributed by atoms with Crippen molar-refractivity contribution < 1.29 is 19.2 Å². The molecule has 28 heavy (non-hydrogen) atoms. The lowest BCUT2D eigenvalue weighted by Crippen LogP contribution is -2.54. The van der Waals surface area contributed by atoms with E-state index in [2.05, 4.69) is 10.2 Å². The Balaban J connectivity index is 1.54. The van der Waals surface area contributed by atoms with Crippen LogP contribution in [-0.4, -0.2) is 59.1 Å². The molecule has 2 aliphatic heterocycles. The van der Waals surface area contributed by atoms with Crippen molar-refractivity contribution >= 4 is 23.6 Å². The van der Waals surface area contributed by atoms with E-state index in [1.807, 2.05) is 13.1 Å². The molecular weight excluding hydrogens is 360 g/mol. The van der Waals surface area contributed by atoms with Gasteiger partial charge in [-0.15, -0.1) is 0 Å². The number of likely N-dealkylation sites (N-methyl/N-ethyl adjacent to an activating group) is 1. The van der Waals surface area contributed by atoms with Crippen LogP contribution in [0.2, 0.25) is 0 Å². The highest BCUT2D eigenvalue weighted by Gasteiger charge is 2.44. The van der Waals surface area contributed by atoms with E-state index in [9.17, 15) is 19.2 Å². The lowest BCUT2D eigenvalue weighted by Gasteiger charge is -2.27. The van der Waals surface area contributed by atoms with E-state index in [0.717, 1.165) is 10.5 Å². The summed E-state index contributed by atoms with van der Waals surface area (Å²) in [5.74, 6) is -1.30. The number of nitrogens with two attached hydrogens (primary N) is 1. The smallest absolute Gasteiger partial charge is 0.262 e. The van der Waals surface area contributed by atoms with Gasteiger partial charge in [0, 0.05) is 25.6 Å². The van der Waals surface area contributed by atoms with Crippen LogP contribution in [-0.2, 0) is 16.1 Å². The Labute approximate surface area is 163 Å². The Morgan fingerprint density at radius 3 is 2.50 bits per heavy atom. The van der Waals surface area contributed by atoms with Crippen LogP contribution in [0.4, 0.5) is 0 Å². The molecule has 0 aromatic heterocycles. The van der Waals surface area contributed by atoms with Crippen LogP contribution < -0.4 is 11.1 Å². The van der Waals surface area contributed by atoms with Crippen LogP contribution in [0.1, 0.15) is 52.0 Å². The zero-order chi connectivity index (χ0) is 20.0. The third-order valence-corrected chi connectivity index (χ3v) is 5.91. The number of imide groups is 2. The summed E-state index contributed by atoms with van der Waals surface area (Å²) in [6, 6.07) is 4.60. The molecule has 148 valence electrons. The summed E-state index contributed by atoms with van der Waals surface area (Å²) in [5.41, 5.74) is 7.46. The van der Waals surface area contributed by atoms with Crippen molar-refractivity contribution in [2.24, 2.45) is 11.7 Å². The normalized spacial score (nSPS) is 23.2. The lowest BCUT2D eigenvalue weighted by atomic mass is 10.0. The van der Waals surface area contributed by atoms with Crippen molar-refractivity contribution in [3.05, 3.63) is 34.9 Å². The molecule has 1 aromatic rings.